The van der Waals surface area contributed by atoms with E-state index in [2.05, 4.69) is 4.98 Å². The summed E-state index contributed by atoms with van der Waals surface area (Å²) in [6.45, 7) is 2.34. The molecule has 0 saturated carbocycles. The average molecular weight is 448 g/mol. The summed E-state index contributed by atoms with van der Waals surface area (Å²) in [5.41, 5.74) is 0.712. The fourth-order valence-corrected chi connectivity index (χ4v) is 3.83. The van der Waals surface area contributed by atoms with E-state index in [1.165, 1.54) is 30.3 Å². The van der Waals surface area contributed by atoms with E-state index >= 15 is 0 Å². The highest BCUT2D eigenvalue weighted by molar-refractivity contribution is 6.51. The van der Waals surface area contributed by atoms with Gasteiger partial charge in [-0.3, -0.25) is 19.5 Å². The van der Waals surface area contributed by atoms with Crippen molar-refractivity contribution in [1.82, 2.24) is 4.98 Å². The van der Waals surface area contributed by atoms with E-state index in [9.17, 15) is 19.1 Å². The molecule has 33 heavy (non-hydrogen) atoms. The third-order valence-corrected chi connectivity index (χ3v) is 5.29. The number of aliphatic hydroxyl groups is 1. The third kappa shape index (κ3) is 4.03. The Morgan fingerprint density at radius 3 is 2.55 bits per heavy atom. The van der Waals surface area contributed by atoms with Gasteiger partial charge in [-0.15, -0.1) is 0 Å². The standard InChI is InChI=1S/C25H21FN2O5/c1-3-33-18-9-7-17(8-10-18)28-22(15-5-4-12-27-14-15)21(24(30)25(28)31)23(29)19-13-16(26)6-11-20(19)32-2/h4-14,22,29H,3H2,1-2H3/b23-21+. The number of ketones is 1. The zero-order valence-corrected chi connectivity index (χ0v) is 18.0. The molecule has 1 atom stereocenters. The van der Waals surface area contributed by atoms with E-state index in [0.29, 0.717) is 23.6 Å². The summed E-state index contributed by atoms with van der Waals surface area (Å²) in [5, 5.41) is 11.1. The highest BCUT2D eigenvalue weighted by atomic mass is 19.1. The van der Waals surface area contributed by atoms with Crippen LogP contribution in [0.2, 0.25) is 0 Å². The number of Topliss-reactive ketones (excluding diaryl/α,β-unsaturated/α-hetero) is 1. The topological polar surface area (TPSA) is 89.0 Å². The van der Waals surface area contributed by atoms with Crippen LogP contribution in [-0.4, -0.2) is 35.5 Å². The molecule has 2 aromatic carbocycles. The first-order valence-electron chi connectivity index (χ1n) is 10.2. The maximum atomic E-state index is 14.0. The van der Waals surface area contributed by atoms with E-state index in [0.717, 1.165) is 6.07 Å². The van der Waals surface area contributed by atoms with Gasteiger partial charge in [0.25, 0.3) is 11.7 Å². The Labute approximate surface area is 189 Å². The van der Waals surface area contributed by atoms with Gasteiger partial charge >= 0.3 is 0 Å². The summed E-state index contributed by atoms with van der Waals surface area (Å²) >= 11 is 0. The Morgan fingerprint density at radius 2 is 1.91 bits per heavy atom. The molecular weight excluding hydrogens is 427 g/mol. The summed E-state index contributed by atoms with van der Waals surface area (Å²) in [5.74, 6) is -2.12. The number of ether oxygens (including phenoxy) is 2. The molecule has 1 N–H and O–H groups in total. The smallest absolute Gasteiger partial charge is 0.300 e. The molecule has 1 saturated heterocycles. The minimum atomic E-state index is -0.982. The van der Waals surface area contributed by atoms with Gasteiger partial charge in [-0.05, 0) is 61.0 Å². The van der Waals surface area contributed by atoms with Crippen LogP contribution < -0.4 is 14.4 Å². The summed E-state index contributed by atoms with van der Waals surface area (Å²) in [7, 11) is 1.36. The maximum Gasteiger partial charge on any atom is 0.300 e. The van der Waals surface area contributed by atoms with Crippen LogP contribution in [0.3, 0.4) is 0 Å². The molecule has 1 aliphatic rings. The number of rotatable bonds is 6. The number of aliphatic hydroxyl groups excluding tert-OH is 1. The minimum absolute atomic E-state index is 0.0314. The van der Waals surface area contributed by atoms with E-state index in [-0.39, 0.29) is 16.9 Å². The van der Waals surface area contributed by atoms with Crippen molar-refractivity contribution < 1.29 is 28.6 Å². The van der Waals surface area contributed by atoms with Crippen LogP contribution in [0.5, 0.6) is 11.5 Å². The maximum absolute atomic E-state index is 14.0. The number of hydrogen-bond acceptors (Lipinski definition) is 6. The normalized spacial score (nSPS) is 17.3. The Bertz CT molecular complexity index is 1230. The molecule has 0 bridgehead atoms. The number of benzene rings is 2. The lowest BCUT2D eigenvalue weighted by Gasteiger charge is -2.25. The number of hydrogen-bond donors (Lipinski definition) is 1. The summed E-state index contributed by atoms with van der Waals surface area (Å²) < 4.78 is 24.7. The molecule has 1 amide bonds. The number of anilines is 1. The van der Waals surface area contributed by atoms with Gasteiger partial charge in [0, 0.05) is 18.1 Å². The number of aromatic nitrogens is 1. The molecule has 168 valence electrons. The first-order valence-corrected chi connectivity index (χ1v) is 10.2. The van der Waals surface area contributed by atoms with Crippen molar-refractivity contribution in [2.75, 3.05) is 18.6 Å². The highest BCUT2D eigenvalue weighted by Gasteiger charge is 2.47. The van der Waals surface area contributed by atoms with Gasteiger partial charge in [0.1, 0.15) is 23.1 Å². The van der Waals surface area contributed by atoms with Gasteiger partial charge in [-0.25, -0.2) is 4.39 Å². The third-order valence-electron chi connectivity index (χ3n) is 5.29. The molecule has 8 heteroatoms. The lowest BCUT2D eigenvalue weighted by molar-refractivity contribution is -0.132. The van der Waals surface area contributed by atoms with Crippen molar-refractivity contribution in [3.63, 3.8) is 0 Å². The van der Waals surface area contributed by atoms with Crippen LogP contribution in [-0.2, 0) is 9.59 Å². The first kappa shape index (κ1) is 22.0. The fraction of sp³-hybridized carbons (Fsp3) is 0.160. The minimum Gasteiger partial charge on any atom is -0.507 e. The Kier molecular flexibility index (Phi) is 6.08. The lowest BCUT2D eigenvalue weighted by atomic mass is 9.95. The number of methoxy groups -OCH3 is 1. The number of carbonyl (C=O) groups excluding carboxylic acids is 2. The molecule has 1 aromatic heterocycles. The Balaban J connectivity index is 1.92. The molecule has 0 radical (unpaired) electrons. The average Bonchev–Trinajstić information content (AvgIpc) is 3.10. The van der Waals surface area contributed by atoms with Crippen molar-refractivity contribution in [2.24, 2.45) is 0 Å². The molecule has 2 heterocycles. The second kappa shape index (κ2) is 9.12. The van der Waals surface area contributed by atoms with Gasteiger partial charge < -0.3 is 14.6 Å². The van der Waals surface area contributed by atoms with Gasteiger partial charge in [0.2, 0.25) is 0 Å². The van der Waals surface area contributed by atoms with Gasteiger partial charge in [0.15, 0.2) is 0 Å². The predicted molar refractivity (Wildman–Crippen MR) is 120 cm³/mol. The van der Waals surface area contributed by atoms with Crippen LogP contribution in [0.4, 0.5) is 10.1 Å². The summed E-state index contributed by atoms with van der Waals surface area (Å²) in [6, 6.07) is 12.6. The zero-order chi connectivity index (χ0) is 23.5. The Morgan fingerprint density at radius 1 is 1.15 bits per heavy atom. The Hall–Kier alpha value is -4.20. The second-order valence-corrected chi connectivity index (χ2v) is 7.23. The van der Waals surface area contributed by atoms with Crippen LogP contribution in [0.15, 0.2) is 72.6 Å². The predicted octanol–water partition coefficient (Wildman–Crippen LogP) is 4.25. The fourth-order valence-electron chi connectivity index (χ4n) is 3.83. The summed E-state index contributed by atoms with van der Waals surface area (Å²) in [4.78, 5) is 31.7. The molecular formula is C25H21FN2O5. The summed E-state index contributed by atoms with van der Waals surface area (Å²) in [6.07, 6.45) is 3.07. The number of nitrogens with zero attached hydrogens (tertiary/aromatic N) is 2. The monoisotopic (exact) mass is 448 g/mol. The molecule has 1 unspecified atom stereocenters. The molecule has 1 aliphatic heterocycles. The van der Waals surface area contributed by atoms with E-state index in [1.807, 2.05) is 6.92 Å². The van der Waals surface area contributed by atoms with Gasteiger partial charge in [-0.1, -0.05) is 6.07 Å². The van der Waals surface area contributed by atoms with Gasteiger partial charge in [0.05, 0.1) is 30.9 Å². The number of amides is 1. The van der Waals surface area contributed by atoms with Crippen LogP contribution >= 0.6 is 0 Å². The van der Waals surface area contributed by atoms with Crippen molar-refractivity contribution >= 4 is 23.1 Å². The molecule has 0 aliphatic carbocycles. The second-order valence-electron chi connectivity index (χ2n) is 7.23. The van der Waals surface area contributed by atoms with Crippen LogP contribution in [0.25, 0.3) is 5.76 Å². The largest absolute Gasteiger partial charge is 0.507 e. The first-order chi connectivity index (χ1) is 16.0. The van der Waals surface area contributed by atoms with Crippen molar-refractivity contribution in [3.05, 3.63) is 89.5 Å². The van der Waals surface area contributed by atoms with E-state index < -0.39 is 29.3 Å². The highest BCUT2D eigenvalue weighted by Crippen LogP contribution is 2.43. The van der Waals surface area contributed by atoms with E-state index in [1.54, 1.807) is 42.6 Å². The zero-order valence-electron chi connectivity index (χ0n) is 18.0. The van der Waals surface area contributed by atoms with Crippen molar-refractivity contribution in [2.45, 2.75) is 13.0 Å². The van der Waals surface area contributed by atoms with Crippen molar-refractivity contribution in [1.29, 1.82) is 0 Å². The number of pyridine rings is 1. The molecule has 4 rings (SSSR count). The molecule has 1 fully saturated rings. The molecule has 3 aromatic rings. The lowest BCUT2D eigenvalue weighted by Crippen LogP contribution is -2.29. The number of carbonyl (C=O) groups is 2. The van der Waals surface area contributed by atoms with Crippen LogP contribution in [0.1, 0.15) is 24.1 Å². The van der Waals surface area contributed by atoms with Crippen molar-refractivity contribution in [3.8, 4) is 11.5 Å². The van der Waals surface area contributed by atoms with Gasteiger partial charge in [-0.2, -0.15) is 0 Å². The quantitative estimate of drug-likeness (QED) is 0.345. The molecule has 0 spiro atoms. The number of halogens is 1. The van der Waals surface area contributed by atoms with E-state index in [4.69, 9.17) is 9.47 Å². The van der Waals surface area contributed by atoms with Crippen LogP contribution in [0, 0.1) is 5.82 Å². The SMILES string of the molecule is CCOc1ccc(N2C(=O)C(=O)/C(=C(/O)c3cc(F)ccc3OC)C2c2cccnc2)cc1. The molecule has 7 nitrogen and oxygen atoms in total.